The molecule has 1 heterocycles. The molecule has 0 unspecified atom stereocenters. The van der Waals surface area contributed by atoms with Gasteiger partial charge in [0.15, 0.2) is 0 Å². The monoisotopic (exact) mass is 318 g/mol. The van der Waals surface area contributed by atoms with Gasteiger partial charge in [0.25, 0.3) is 17.5 Å². The molecule has 3 aromatic carbocycles. The van der Waals surface area contributed by atoms with Gasteiger partial charge in [0, 0.05) is 6.07 Å². The number of anilines is 1. The van der Waals surface area contributed by atoms with E-state index in [-0.39, 0.29) is 16.8 Å². The lowest BCUT2D eigenvalue weighted by Crippen LogP contribution is -2.29. The molecule has 4 rings (SSSR count). The van der Waals surface area contributed by atoms with Gasteiger partial charge in [-0.15, -0.1) is 0 Å². The number of carbonyl (C=O) groups excluding carboxylic acids is 2. The van der Waals surface area contributed by atoms with Gasteiger partial charge in [-0.3, -0.25) is 19.7 Å². The van der Waals surface area contributed by atoms with Crippen LogP contribution in [0.15, 0.2) is 60.7 Å². The molecule has 0 radical (unpaired) electrons. The molecule has 0 N–H and O–H groups in total. The zero-order valence-electron chi connectivity index (χ0n) is 12.3. The molecule has 1 aliphatic rings. The summed E-state index contributed by atoms with van der Waals surface area (Å²) in [6.07, 6.45) is 0. The average molecular weight is 318 g/mol. The van der Waals surface area contributed by atoms with Crippen molar-refractivity contribution in [3.8, 4) is 0 Å². The summed E-state index contributed by atoms with van der Waals surface area (Å²) in [5.74, 6) is -1.22. The molecule has 0 saturated heterocycles. The molecule has 0 aromatic heterocycles. The molecule has 0 fully saturated rings. The van der Waals surface area contributed by atoms with Crippen LogP contribution >= 0.6 is 0 Å². The van der Waals surface area contributed by atoms with Crippen molar-refractivity contribution < 1.29 is 14.5 Å². The molecule has 6 heteroatoms. The molecule has 6 nitrogen and oxygen atoms in total. The van der Waals surface area contributed by atoms with Crippen molar-refractivity contribution in [1.82, 2.24) is 0 Å². The third kappa shape index (κ3) is 1.90. The van der Waals surface area contributed by atoms with Crippen molar-refractivity contribution in [2.24, 2.45) is 0 Å². The molecular weight excluding hydrogens is 308 g/mol. The highest BCUT2D eigenvalue weighted by atomic mass is 16.6. The predicted octanol–water partition coefficient (Wildman–Crippen LogP) is 3.55. The number of amides is 2. The molecule has 0 bridgehead atoms. The molecule has 2 amide bonds. The van der Waals surface area contributed by atoms with Gasteiger partial charge < -0.3 is 0 Å². The van der Waals surface area contributed by atoms with E-state index in [1.54, 1.807) is 12.1 Å². The van der Waals surface area contributed by atoms with Gasteiger partial charge in [-0.1, -0.05) is 36.4 Å². The minimum Gasteiger partial charge on any atom is -0.268 e. The van der Waals surface area contributed by atoms with Crippen LogP contribution in [0.4, 0.5) is 11.4 Å². The zero-order chi connectivity index (χ0) is 16.8. The number of nitro benzene ring substituents is 1. The largest absolute Gasteiger partial charge is 0.283 e. The number of hydrogen-bond acceptors (Lipinski definition) is 4. The molecule has 0 atom stereocenters. The molecule has 0 aliphatic carbocycles. The van der Waals surface area contributed by atoms with E-state index in [1.807, 2.05) is 30.3 Å². The lowest BCUT2D eigenvalue weighted by Gasteiger charge is -2.14. The van der Waals surface area contributed by atoms with E-state index in [9.17, 15) is 19.7 Å². The van der Waals surface area contributed by atoms with Crippen LogP contribution in [-0.2, 0) is 0 Å². The fraction of sp³-hybridized carbons (Fsp3) is 0. The van der Waals surface area contributed by atoms with Gasteiger partial charge in [0.05, 0.1) is 16.2 Å². The fourth-order valence-electron chi connectivity index (χ4n) is 2.97. The molecule has 1 aliphatic heterocycles. The highest BCUT2D eigenvalue weighted by Crippen LogP contribution is 2.34. The van der Waals surface area contributed by atoms with Gasteiger partial charge in [-0.25, -0.2) is 4.90 Å². The Morgan fingerprint density at radius 2 is 1.58 bits per heavy atom. The molecule has 116 valence electrons. The van der Waals surface area contributed by atoms with Crippen molar-refractivity contribution >= 4 is 34.0 Å². The summed E-state index contributed by atoms with van der Waals surface area (Å²) in [5, 5.41) is 13.0. The Hall–Kier alpha value is -3.54. The molecular formula is C18H10N2O4. The Kier molecular flexibility index (Phi) is 2.93. The second-order valence-corrected chi connectivity index (χ2v) is 5.43. The number of benzene rings is 3. The Labute approximate surface area is 136 Å². The Balaban J connectivity index is 1.88. The first-order valence-corrected chi connectivity index (χ1v) is 7.23. The Morgan fingerprint density at radius 1 is 0.833 bits per heavy atom. The summed E-state index contributed by atoms with van der Waals surface area (Å²) >= 11 is 0. The highest BCUT2D eigenvalue weighted by Gasteiger charge is 2.41. The maximum Gasteiger partial charge on any atom is 0.283 e. The van der Waals surface area contributed by atoms with Gasteiger partial charge in [-0.05, 0) is 29.0 Å². The van der Waals surface area contributed by atoms with Crippen molar-refractivity contribution in [3.63, 3.8) is 0 Å². The van der Waals surface area contributed by atoms with E-state index in [1.165, 1.54) is 18.2 Å². The quantitative estimate of drug-likeness (QED) is 0.411. The van der Waals surface area contributed by atoms with Crippen LogP contribution in [0.25, 0.3) is 10.8 Å². The number of hydrogen-bond donors (Lipinski definition) is 0. The predicted molar refractivity (Wildman–Crippen MR) is 88.2 cm³/mol. The zero-order valence-corrected chi connectivity index (χ0v) is 12.3. The molecule has 3 aromatic rings. The lowest BCUT2D eigenvalue weighted by molar-refractivity contribution is -0.385. The number of rotatable bonds is 2. The van der Waals surface area contributed by atoms with Crippen molar-refractivity contribution in [2.45, 2.75) is 0 Å². The van der Waals surface area contributed by atoms with Gasteiger partial charge in [0.2, 0.25) is 0 Å². The van der Waals surface area contributed by atoms with E-state index in [0.29, 0.717) is 5.69 Å². The normalized spacial score (nSPS) is 13.4. The summed E-state index contributed by atoms with van der Waals surface area (Å²) in [6.45, 7) is 0. The first kappa shape index (κ1) is 14.1. The minimum atomic E-state index is -0.669. The second-order valence-electron chi connectivity index (χ2n) is 5.43. The molecule has 0 spiro atoms. The standard InChI is InChI=1S/C18H10N2O4/c21-17-14-6-3-7-15(20(23)24)16(14)18(22)19(17)13-9-8-11-4-1-2-5-12(11)10-13/h1-10H. The third-order valence-electron chi connectivity index (χ3n) is 4.08. The summed E-state index contributed by atoms with van der Waals surface area (Å²) in [4.78, 5) is 36.8. The van der Waals surface area contributed by atoms with Crippen LogP contribution in [0.3, 0.4) is 0 Å². The molecule has 0 saturated carbocycles. The van der Waals surface area contributed by atoms with Gasteiger partial charge in [-0.2, -0.15) is 0 Å². The smallest absolute Gasteiger partial charge is 0.268 e. The van der Waals surface area contributed by atoms with Gasteiger partial charge in [0.1, 0.15) is 5.56 Å². The average Bonchev–Trinajstić information content (AvgIpc) is 2.85. The van der Waals surface area contributed by atoms with Crippen LogP contribution in [0.1, 0.15) is 20.7 Å². The number of fused-ring (bicyclic) bond motifs is 2. The molecule has 24 heavy (non-hydrogen) atoms. The van der Waals surface area contributed by atoms with Crippen molar-refractivity contribution in [3.05, 3.63) is 81.9 Å². The van der Waals surface area contributed by atoms with Crippen LogP contribution in [0, 0.1) is 10.1 Å². The topological polar surface area (TPSA) is 80.5 Å². The first-order valence-electron chi connectivity index (χ1n) is 7.23. The highest BCUT2D eigenvalue weighted by molar-refractivity contribution is 6.35. The SMILES string of the molecule is O=C1c2cccc([N+](=O)[O-])c2C(=O)N1c1ccc2ccccc2c1. The summed E-state index contributed by atoms with van der Waals surface area (Å²) < 4.78 is 0. The third-order valence-corrected chi connectivity index (χ3v) is 4.08. The fourth-order valence-corrected chi connectivity index (χ4v) is 2.97. The van der Waals surface area contributed by atoms with Crippen LogP contribution in [0.2, 0.25) is 0 Å². The number of carbonyl (C=O) groups is 2. The van der Waals surface area contributed by atoms with Crippen LogP contribution in [0.5, 0.6) is 0 Å². The Morgan fingerprint density at radius 3 is 2.33 bits per heavy atom. The van der Waals surface area contributed by atoms with Crippen LogP contribution < -0.4 is 4.90 Å². The maximum atomic E-state index is 12.7. The number of nitrogens with zero attached hydrogens (tertiary/aromatic N) is 2. The van der Waals surface area contributed by atoms with E-state index in [4.69, 9.17) is 0 Å². The maximum absolute atomic E-state index is 12.7. The second kappa shape index (κ2) is 4.99. The van der Waals surface area contributed by atoms with Crippen molar-refractivity contribution in [1.29, 1.82) is 0 Å². The Bertz CT molecular complexity index is 1040. The summed E-state index contributed by atoms with van der Waals surface area (Å²) in [7, 11) is 0. The number of nitro groups is 1. The number of imide groups is 1. The van der Waals surface area contributed by atoms with E-state index < -0.39 is 16.7 Å². The summed E-state index contributed by atoms with van der Waals surface area (Å²) in [6, 6.07) is 16.8. The van der Waals surface area contributed by atoms with E-state index in [0.717, 1.165) is 15.7 Å². The van der Waals surface area contributed by atoms with E-state index >= 15 is 0 Å². The first-order chi connectivity index (χ1) is 11.6. The van der Waals surface area contributed by atoms with Crippen LogP contribution in [-0.4, -0.2) is 16.7 Å². The van der Waals surface area contributed by atoms with Crippen molar-refractivity contribution in [2.75, 3.05) is 4.90 Å². The van der Waals surface area contributed by atoms with E-state index in [2.05, 4.69) is 0 Å². The lowest BCUT2D eigenvalue weighted by atomic mass is 10.1. The van der Waals surface area contributed by atoms with Gasteiger partial charge >= 0.3 is 0 Å². The minimum absolute atomic E-state index is 0.0577. The summed E-state index contributed by atoms with van der Waals surface area (Å²) in [5.41, 5.74) is -0.0497.